The quantitative estimate of drug-likeness (QED) is 0.554. The molecule has 0 aliphatic carbocycles. The first-order chi connectivity index (χ1) is 14.0. The van der Waals surface area contributed by atoms with Crippen molar-refractivity contribution in [2.24, 2.45) is 0 Å². The predicted octanol–water partition coefficient (Wildman–Crippen LogP) is 4.57. The van der Waals surface area contributed by atoms with Gasteiger partial charge >= 0.3 is 0 Å². The third-order valence-electron chi connectivity index (χ3n) is 5.71. The van der Waals surface area contributed by atoms with E-state index in [4.69, 9.17) is 9.72 Å². The number of imidazole rings is 1. The summed E-state index contributed by atoms with van der Waals surface area (Å²) < 4.78 is 8.39. The first-order valence-electron chi connectivity index (χ1n) is 10.5. The smallest absolute Gasteiger partial charge is 0.223 e. The Bertz CT molecular complexity index is 1010. The molecular weight excluding hydrogens is 362 g/mol. The number of hydrogen-bond donors (Lipinski definition) is 0. The molecule has 1 fully saturated rings. The van der Waals surface area contributed by atoms with Gasteiger partial charge in [-0.1, -0.05) is 44.2 Å². The summed E-state index contributed by atoms with van der Waals surface area (Å²) in [6, 6.07) is 16.5. The van der Waals surface area contributed by atoms with Gasteiger partial charge in [0, 0.05) is 32.5 Å². The fourth-order valence-corrected chi connectivity index (χ4v) is 4.17. The number of likely N-dealkylation sites (tertiary alicyclic amines) is 1. The summed E-state index contributed by atoms with van der Waals surface area (Å²) in [6.07, 6.45) is 1.42. The number of fused-ring (bicyclic) bond motifs is 1. The number of likely N-dealkylation sites (N-methyl/N-ethyl adjacent to an activating group) is 1. The number of para-hydroxylation sites is 3. The van der Waals surface area contributed by atoms with Gasteiger partial charge in [-0.3, -0.25) is 4.79 Å². The number of carbonyl (C=O) groups is 1. The molecule has 0 spiro atoms. The predicted molar refractivity (Wildman–Crippen MR) is 115 cm³/mol. The van der Waals surface area contributed by atoms with E-state index >= 15 is 0 Å². The van der Waals surface area contributed by atoms with Gasteiger partial charge in [0.05, 0.1) is 17.6 Å². The van der Waals surface area contributed by atoms with Crippen molar-refractivity contribution in [2.45, 2.75) is 45.1 Å². The van der Waals surface area contributed by atoms with Crippen molar-refractivity contribution >= 4 is 16.9 Å². The van der Waals surface area contributed by atoms with Crippen molar-refractivity contribution in [1.29, 1.82) is 0 Å². The molecule has 0 radical (unpaired) electrons. The minimum absolute atomic E-state index is 0.155. The van der Waals surface area contributed by atoms with Crippen LogP contribution in [-0.4, -0.2) is 40.6 Å². The molecule has 1 aromatic heterocycles. The number of nitrogens with zero attached hydrogens (tertiary/aromatic N) is 3. The monoisotopic (exact) mass is 391 g/mol. The second-order valence-electron chi connectivity index (χ2n) is 8.18. The van der Waals surface area contributed by atoms with E-state index in [1.54, 1.807) is 4.90 Å². The van der Waals surface area contributed by atoms with Crippen molar-refractivity contribution in [3.05, 3.63) is 59.9 Å². The van der Waals surface area contributed by atoms with Gasteiger partial charge in [0.1, 0.15) is 11.6 Å². The minimum Gasteiger partial charge on any atom is -0.493 e. The summed E-state index contributed by atoms with van der Waals surface area (Å²) in [6.45, 7) is 6.59. The van der Waals surface area contributed by atoms with Crippen LogP contribution < -0.4 is 4.74 Å². The number of carbonyl (C=O) groups excluding carboxylic acids is 1. The highest BCUT2D eigenvalue weighted by molar-refractivity contribution is 5.80. The zero-order chi connectivity index (χ0) is 20.4. The van der Waals surface area contributed by atoms with Crippen molar-refractivity contribution in [3.63, 3.8) is 0 Å². The number of aryl methyl sites for hydroxylation is 1. The molecule has 2 aromatic carbocycles. The summed E-state index contributed by atoms with van der Waals surface area (Å²) in [7, 11) is 1.87. The number of ether oxygens (including phenoxy) is 1. The summed E-state index contributed by atoms with van der Waals surface area (Å²) in [5, 5.41) is 0. The molecule has 0 bridgehead atoms. The van der Waals surface area contributed by atoms with E-state index in [1.165, 1.54) is 5.56 Å². The van der Waals surface area contributed by atoms with Gasteiger partial charge in [0.25, 0.3) is 0 Å². The molecule has 1 unspecified atom stereocenters. The van der Waals surface area contributed by atoms with Crippen LogP contribution in [0.2, 0.25) is 0 Å². The lowest BCUT2D eigenvalue weighted by molar-refractivity contribution is -0.126. The van der Waals surface area contributed by atoms with Crippen molar-refractivity contribution in [3.8, 4) is 5.75 Å². The van der Waals surface area contributed by atoms with E-state index in [1.807, 2.05) is 37.4 Å². The number of amides is 1. The zero-order valence-electron chi connectivity index (χ0n) is 17.5. The van der Waals surface area contributed by atoms with E-state index in [0.29, 0.717) is 18.9 Å². The lowest BCUT2D eigenvalue weighted by Gasteiger charge is -2.16. The molecule has 29 heavy (non-hydrogen) atoms. The molecule has 3 aromatic rings. The molecule has 1 saturated heterocycles. The highest BCUT2D eigenvalue weighted by Gasteiger charge is 2.31. The van der Waals surface area contributed by atoms with Gasteiger partial charge in [-0.05, 0) is 36.1 Å². The summed E-state index contributed by atoms with van der Waals surface area (Å²) in [4.78, 5) is 18.7. The third kappa shape index (κ3) is 4.00. The molecule has 1 atom stereocenters. The maximum atomic E-state index is 12.1. The van der Waals surface area contributed by atoms with Gasteiger partial charge in [0.15, 0.2) is 0 Å². The Balaban J connectivity index is 1.49. The fraction of sp³-hybridized carbons (Fsp3) is 0.417. The minimum atomic E-state index is 0.155. The molecule has 5 nitrogen and oxygen atoms in total. The molecule has 4 rings (SSSR count). The lowest BCUT2D eigenvalue weighted by atomic mass is 10.0. The van der Waals surface area contributed by atoms with Gasteiger partial charge in [-0.15, -0.1) is 0 Å². The molecule has 5 heteroatoms. The Labute approximate surface area is 172 Å². The first kappa shape index (κ1) is 19.5. The van der Waals surface area contributed by atoms with Crippen LogP contribution in [0.5, 0.6) is 5.75 Å². The second kappa shape index (κ2) is 8.27. The first-order valence-corrected chi connectivity index (χ1v) is 10.5. The Morgan fingerprint density at radius 2 is 1.90 bits per heavy atom. The van der Waals surface area contributed by atoms with Crippen LogP contribution in [0, 0.1) is 0 Å². The molecule has 1 aliphatic heterocycles. The van der Waals surface area contributed by atoms with Gasteiger partial charge in [-0.25, -0.2) is 4.98 Å². The number of benzene rings is 2. The zero-order valence-corrected chi connectivity index (χ0v) is 17.5. The summed E-state index contributed by atoms with van der Waals surface area (Å²) >= 11 is 0. The van der Waals surface area contributed by atoms with Crippen molar-refractivity contribution in [2.75, 3.05) is 20.2 Å². The SMILES string of the molecule is CC(C)c1ccccc1OCCCn1c(C2CC(=O)N(C)C2)nc2ccccc21. The fourth-order valence-electron chi connectivity index (χ4n) is 4.17. The number of rotatable bonds is 7. The summed E-state index contributed by atoms with van der Waals surface area (Å²) in [5.74, 6) is 2.78. The van der Waals surface area contributed by atoms with Crippen LogP contribution in [0.3, 0.4) is 0 Å². The van der Waals surface area contributed by atoms with Crippen molar-refractivity contribution < 1.29 is 9.53 Å². The van der Waals surface area contributed by atoms with E-state index in [-0.39, 0.29) is 11.8 Å². The van der Waals surface area contributed by atoms with E-state index in [2.05, 4.69) is 36.6 Å². The Hall–Kier alpha value is -2.82. The molecule has 0 saturated carbocycles. The van der Waals surface area contributed by atoms with E-state index < -0.39 is 0 Å². The maximum absolute atomic E-state index is 12.1. The highest BCUT2D eigenvalue weighted by atomic mass is 16.5. The maximum Gasteiger partial charge on any atom is 0.223 e. The van der Waals surface area contributed by atoms with E-state index in [9.17, 15) is 4.79 Å². The molecule has 152 valence electrons. The largest absolute Gasteiger partial charge is 0.493 e. The number of aromatic nitrogens is 2. The van der Waals surface area contributed by atoms with Crippen molar-refractivity contribution in [1.82, 2.24) is 14.5 Å². The van der Waals surface area contributed by atoms with Crippen LogP contribution in [0.4, 0.5) is 0 Å². The third-order valence-corrected chi connectivity index (χ3v) is 5.71. The van der Waals surface area contributed by atoms with Crippen LogP contribution in [0.1, 0.15) is 49.9 Å². The Kier molecular flexibility index (Phi) is 5.56. The average Bonchev–Trinajstić information content (AvgIpc) is 3.25. The molecule has 1 amide bonds. The number of hydrogen-bond acceptors (Lipinski definition) is 3. The topological polar surface area (TPSA) is 47.4 Å². The molecule has 1 aliphatic rings. The van der Waals surface area contributed by atoms with Gasteiger partial charge in [-0.2, -0.15) is 0 Å². The molecule has 2 heterocycles. The van der Waals surface area contributed by atoms with Gasteiger partial charge in [0.2, 0.25) is 5.91 Å². The standard InChI is InChI=1S/C24H29N3O2/c1-17(2)19-9-4-7-12-22(19)29-14-8-13-27-21-11-6-5-10-20(21)25-24(27)18-15-23(28)26(3)16-18/h4-7,9-12,17-18H,8,13-16H2,1-3H3. The van der Waals surface area contributed by atoms with Crippen LogP contribution in [0.15, 0.2) is 48.5 Å². The summed E-state index contributed by atoms with van der Waals surface area (Å²) in [5.41, 5.74) is 3.37. The second-order valence-corrected chi connectivity index (χ2v) is 8.18. The molecule has 0 N–H and O–H groups in total. The van der Waals surface area contributed by atoms with Crippen LogP contribution >= 0.6 is 0 Å². The lowest BCUT2D eigenvalue weighted by Crippen LogP contribution is -2.19. The average molecular weight is 392 g/mol. The van der Waals surface area contributed by atoms with E-state index in [0.717, 1.165) is 42.1 Å². The van der Waals surface area contributed by atoms with Crippen LogP contribution in [0.25, 0.3) is 11.0 Å². The molecular formula is C24H29N3O2. The van der Waals surface area contributed by atoms with Gasteiger partial charge < -0.3 is 14.2 Å². The highest BCUT2D eigenvalue weighted by Crippen LogP contribution is 2.30. The Morgan fingerprint density at radius 3 is 2.66 bits per heavy atom. The normalized spacial score (nSPS) is 16.9. The van der Waals surface area contributed by atoms with Crippen LogP contribution in [-0.2, 0) is 11.3 Å². The Morgan fingerprint density at radius 1 is 1.14 bits per heavy atom.